The van der Waals surface area contributed by atoms with Crippen LogP contribution in [0.1, 0.15) is 77.0 Å². The zero-order chi connectivity index (χ0) is 19.1. The van der Waals surface area contributed by atoms with E-state index in [1.165, 1.54) is 32.1 Å². The fourth-order valence-corrected chi connectivity index (χ4v) is 5.23. The van der Waals surface area contributed by atoms with E-state index in [2.05, 4.69) is 18.2 Å². The molecule has 2 N–H and O–H groups in total. The highest BCUT2D eigenvalue weighted by molar-refractivity contribution is 5.66. The van der Waals surface area contributed by atoms with E-state index < -0.39 is 5.97 Å². The Hall–Kier alpha value is -1.13. The van der Waals surface area contributed by atoms with Gasteiger partial charge in [0.1, 0.15) is 0 Å². The van der Waals surface area contributed by atoms with E-state index >= 15 is 0 Å². The molecule has 152 valence electrons. The molecule has 27 heavy (non-hydrogen) atoms. The van der Waals surface area contributed by atoms with Gasteiger partial charge in [-0.1, -0.05) is 56.4 Å². The number of aliphatic hydroxyl groups is 1. The Morgan fingerprint density at radius 2 is 1.85 bits per heavy atom. The number of allylic oxidation sites excluding steroid dienone is 2. The summed E-state index contributed by atoms with van der Waals surface area (Å²) in [7, 11) is 0. The Morgan fingerprint density at radius 3 is 2.63 bits per heavy atom. The highest BCUT2D eigenvalue weighted by atomic mass is 16.5. The normalized spacial score (nSPS) is 32.6. The lowest BCUT2D eigenvalue weighted by Gasteiger charge is -2.26. The summed E-state index contributed by atoms with van der Waals surface area (Å²) >= 11 is 0. The van der Waals surface area contributed by atoms with Crippen molar-refractivity contribution in [3.8, 4) is 0 Å². The van der Waals surface area contributed by atoms with Crippen LogP contribution >= 0.6 is 0 Å². The van der Waals surface area contributed by atoms with Gasteiger partial charge in [-0.15, -0.1) is 0 Å². The zero-order valence-electron chi connectivity index (χ0n) is 16.5. The third-order valence-electron chi connectivity index (χ3n) is 6.68. The number of aliphatic carboxylic acids is 1. The highest BCUT2D eigenvalue weighted by Gasteiger charge is 2.46. The molecule has 0 aromatic carbocycles. The first-order valence-corrected chi connectivity index (χ1v) is 11.0. The molecule has 2 aliphatic heterocycles. The maximum atomic E-state index is 10.6. The fourth-order valence-electron chi connectivity index (χ4n) is 5.23. The third kappa shape index (κ3) is 6.18. The van der Waals surface area contributed by atoms with Gasteiger partial charge >= 0.3 is 5.97 Å². The van der Waals surface area contributed by atoms with Gasteiger partial charge in [0.05, 0.1) is 18.3 Å². The number of carbonyl (C=O) groups is 1. The summed E-state index contributed by atoms with van der Waals surface area (Å²) in [6.07, 6.45) is 21.5. The molecular weight excluding hydrogens is 340 g/mol. The largest absolute Gasteiger partial charge is 0.481 e. The lowest BCUT2D eigenvalue weighted by molar-refractivity contribution is -0.137. The number of fused-ring (bicyclic) bond motifs is 2. The molecule has 2 bridgehead atoms. The molecule has 0 aromatic heterocycles. The molecule has 0 aromatic rings. The number of unbranched alkanes of at least 4 members (excludes halogenated alkanes) is 1. The van der Waals surface area contributed by atoms with Gasteiger partial charge in [-0.05, 0) is 50.4 Å². The van der Waals surface area contributed by atoms with E-state index in [4.69, 9.17) is 9.84 Å². The minimum atomic E-state index is -0.720. The molecule has 3 fully saturated rings. The molecule has 0 radical (unpaired) electrons. The Balaban J connectivity index is 1.45. The number of hydrogen-bond acceptors (Lipinski definition) is 3. The van der Waals surface area contributed by atoms with Crippen molar-refractivity contribution in [2.75, 3.05) is 0 Å². The monoisotopic (exact) mass is 376 g/mol. The Bertz CT molecular complexity index is 520. The maximum Gasteiger partial charge on any atom is 0.303 e. The molecule has 4 heteroatoms. The predicted molar refractivity (Wildman–Crippen MR) is 106 cm³/mol. The summed E-state index contributed by atoms with van der Waals surface area (Å²) in [4.78, 5) is 10.6. The van der Waals surface area contributed by atoms with E-state index in [0.29, 0.717) is 36.4 Å². The van der Waals surface area contributed by atoms with Crippen LogP contribution in [-0.2, 0) is 9.53 Å². The molecule has 0 amide bonds. The first kappa shape index (κ1) is 20.6. The van der Waals surface area contributed by atoms with Gasteiger partial charge in [0.15, 0.2) is 0 Å². The van der Waals surface area contributed by atoms with Crippen LogP contribution in [0.3, 0.4) is 0 Å². The number of ether oxygens (including phenoxy) is 1. The fraction of sp³-hybridized carbons (Fsp3) is 0.783. The number of rotatable bonds is 10. The molecular formula is C23H36O4. The number of carboxylic acids is 1. The summed E-state index contributed by atoms with van der Waals surface area (Å²) in [5.41, 5.74) is 0. The Kier molecular flexibility index (Phi) is 7.95. The summed E-state index contributed by atoms with van der Waals surface area (Å²) in [6, 6.07) is 0. The average Bonchev–Trinajstić information content (AvgIpc) is 3.25. The van der Waals surface area contributed by atoms with Crippen molar-refractivity contribution in [1.29, 1.82) is 0 Å². The Morgan fingerprint density at radius 1 is 1.07 bits per heavy atom. The maximum absolute atomic E-state index is 10.6. The Labute approximate surface area is 163 Å². The van der Waals surface area contributed by atoms with Gasteiger partial charge in [0.25, 0.3) is 0 Å². The van der Waals surface area contributed by atoms with Crippen molar-refractivity contribution < 1.29 is 19.7 Å². The van der Waals surface area contributed by atoms with Crippen LogP contribution in [0.15, 0.2) is 24.3 Å². The second kappa shape index (κ2) is 10.4. The zero-order valence-corrected chi connectivity index (χ0v) is 16.5. The van der Waals surface area contributed by atoms with E-state index in [-0.39, 0.29) is 12.5 Å². The smallest absolute Gasteiger partial charge is 0.303 e. The molecule has 1 aliphatic carbocycles. The van der Waals surface area contributed by atoms with E-state index in [0.717, 1.165) is 32.1 Å². The lowest BCUT2D eigenvalue weighted by atomic mass is 9.77. The first-order valence-electron chi connectivity index (χ1n) is 11.0. The first-order chi connectivity index (χ1) is 13.1. The van der Waals surface area contributed by atoms with E-state index in [1.54, 1.807) is 0 Å². The lowest BCUT2D eigenvalue weighted by Crippen LogP contribution is -2.25. The molecule has 0 spiro atoms. The van der Waals surface area contributed by atoms with Crippen molar-refractivity contribution in [2.45, 2.75) is 95.4 Å². The van der Waals surface area contributed by atoms with Gasteiger partial charge in [0.2, 0.25) is 0 Å². The molecule has 4 nitrogen and oxygen atoms in total. The van der Waals surface area contributed by atoms with Gasteiger partial charge in [0, 0.05) is 12.3 Å². The predicted octanol–water partition coefficient (Wildman–Crippen LogP) is 4.87. The average molecular weight is 377 g/mol. The van der Waals surface area contributed by atoms with Crippen molar-refractivity contribution >= 4 is 5.97 Å². The topological polar surface area (TPSA) is 66.8 Å². The van der Waals surface area contributed by atoms with Gasteiger partial charge < -0.3 is 14.9 Å². The minimum Gasteiger partial charge on any atom is -0.481 e. The van der Waals surface area contributed by atoms with E-state index in [1.807, 2.05) is 6.08 Å². The molecule has 3 aliphatic rings. The van der Waals surface area contributed by atoms with Crippen LogP contribution in [0.4, 0.5) is 0 Å². The summed E-state index contributed by atoms with van der Waals surface area (Å²) in [6.45, 7) is 0. The molecule has 2 saturated heterocycles. The summed E-state index contributed by atoms with van der Waals surface area (Å²) < 4.78 is 6.14. The molecule has 3 rings (SSSR count). The van der Waals surface area contributed by atoms with Crippen LogP contribution < -0.4 is 0 Å². The molecule has 1 saturated carbocycles. The number of hydrogen-bond donors (Lipinski definition) is 2. The number of carboxylic acid groups (broad SMARTS) is 1. The third-order valence-corrected chi connectivity index (χ3v) is 6.68. The molecule has 2 heterocycles. The standard InChI is InChI=1S/C23H36O4/c24-18(16-17-8-4-3-5-9-17)12-13-20-19(21-14-15-22(20)27-21)10-6-1-2-7-11-23(25)26/h1,6,12-13,17-22,24H,2-5,7-11,14-16H2,(H,25,26)/b6-1-,13-12+/t18?,19?,20-,21?,22-/m0/s1. The van der Waals surface area contributed by atoms with Crippen molar-refractivity contribution in [3.05, 3.63) is 24.3 Å². The second-order valence-corrected chi connectivity index (χ2v) is 8.72. The molecule has 5 atom stereocenters. The molecule has 3 unspecified atom stereocenters. The number of aliphatic hydroxyl groups excluding tert-OH is 1. The van der Waals surface area contributed by atoms with Crippen LogP contribution in [-0.4, -0.2) is 34.5 Å². The second-order valence-electron chi connectivity index (χ2n) is 8.72. The minimum absolute atomic E-state index is 0.242. The van der Waals surface area contributed by atoms with Crippen LogP contribution in [0.25, 0.3) is 0 Å². The van der Waals surface area contributed by atoms with Gasteiger partial charge in [-0.3, -0.25) is 4.79 Å². The van der Waals surface area contributed by atoms with Gasteiger partial charge in [-0.2, -0.15) is 0 Å². The van der Waals surface area contributed by atoms with Crippen LogP contribution in [0.2, 0.25) is 0 Å². The van der Waals surface area contributed by atoms with Crippen LogP contribution in [0.5, 0.6) is 0 Å². The van der Waals surface area contributed by atoms with Crippen molar-refractivity contribution in [2.24, 2.45) is 17.8 Å². The highest BCUT2D eigenvalue weighted by Crippen LogP contribution is 2.46. The van der Waals surface area contributed by atoms with Crippen LogP contribution in [0, 0.1) is 17.8 Å². The van der Waals surface area contributed by atoms with Crippen molar-refractivity contribution in [3.63, 3.8) is 0 Å². The van der Waals surface area contributed by atoms with E-state index in [9.17, 15) is 9.90 Å². The van der Waals surface area contributed by atoms with Crippen molar-refractivity contribution in [1.82, 2.24) is 0 Å². The summed E-state index contributed by atoms with van der Waals surface area (Å²) in [5.74, 6) is 0.882. The quantitative estimate of drug-likeness (QED) is 0.422. The summed E-state index contributed by atoms with van der Waals surface area (Å²) in [5, 5.41) is 19.1. The van der Waals surface area contributed by atoms with Gasteiger partial charge in [-0.25, -0.2) is 0 Å². The SMILES string of the molecule is O=C(O)CCC/C=C\CC1C2CC[C@H](O2)[C@H]1/C=C/C(O)CC1CCCCC1.